The lowest BCUT2D eigenvalue weighted by atomic mass is 10.2. The molecule has 0 amide bonds. The van der Waals surface area contributed by atoms with Gasteiger partial charge in [0.2, 0.25) is 0 Å². The molecule has 0 aliphatic heterocycles. The topological polar surface area (TPSA) is 75.5 Å². The number of hydrogen-bond acceptors (Lipinski definition) is 5. The van der Waals surface area contributed by atoms with Crippen molar-refractivity contribution in [2.24, 2.45) is 0 Å². The lowest BCUT2D eigenvalue weighted by molar-refractivity contribution is 0.628. The Kier molecular flexibility index (Phi) is 3.97. The summed E-state index contributed by atoms with van der Waals surface area (Å²) in [4.78, 5) is 22.8. The number of nitrogens with one attached hydrogen (secondary N) is 1. The fourth-order valence-corrected chi connectivity index (χ4v) is 3.57. The first-order valence-corrected chi connectivity index (χ1v) is 9.23. The Balaban J connectivity index is 1.69. The van der Waals surface area contributed by atoms with Crippen molar-refractivity contribution in [3.05, 3.63) is 72.8 Å². The quantitative estimate of drug-likeness (QED) is 0.504. The van der Waals surface area contributed by atoms with Gasteiger partial charge < -0.3 is 9.88 Å². The van der Waals surface area contributed by atoms with Gasteiger partial charge in [-0.2, -0.15) is 0 Å². The molecule has 0 saturated carbocycles. The lowest BCUT2D eigenvalue weighted by Gasteiger charge is -2.26. The third kappa shape index (κ3) is 2.80. The monoisotopic (exact) mass is 387 g/mol. The molecule has 2 aromatic carbocycles. The Morgan fingerprint density at radius 1 is 1.07 bits per heavy atom. The van der Waals surface area contributed by atoms with Crippen molar-refractivity contribution in [3.8, 4) is 5.69 Å². The molecule has 0 aliphatic rings. The van der Waals surface area contributed by atoms with Crippen LogP contribution in [0, 0.1) is 5.82 Å². The van der Waals surface area contributed by atoms with Gasteiger partial charge in [0.15, 0.2) is 11.5 Å². The summed E-state index contributed by atoms with van der Waals surface area (Å²) in [7, 11) is 1.95. The average molecular weight is 387 g/mol. The number of rotatable bonds is 4. The highest BCUT2D eigenvalue weighted by Gasteiger charge is 2.24. The standard InChI is InChI=1S/C21H18FN7/c1-13(28(2)21-18-19(24-11-23-18)25-12-26-21)20-27-16-9-8-14(22)10-17(16)29(20)15-6-4-3-5-7-15/h3-13H,1-2H3,(H,23,24,25,26)/t13-/m0/s1. The Bertz CT molecular complexity index is 1310. The third-order valence-electron chi connectivity index (χ3n) is 5.15. The van der Waals surface area contributed by atoms with Crippen LogP contribution in [-0.2, 0) is 0 Å². The van der Waals surface area contributed by atoms with E-state index in [1.807, 2.05) is 53.8 Å². The van der Waals surface area contributed by atoms with Crippen LogP contribution in [0.1, 0.15) is 18.8 Å². The van der Waals surface area contributed by atoms with Crippen molar-refractivity contribution in [2.45, 2.75) is 13.0 Å². The second-order valence-corrected chi connectivity index (χ2v) is 6.86. The van der Waals surface area contributed by atoms with E-state index in [9.17, 15) is 4.39 Å². The van der Waals surface area contributed by atoms with Crippen LogP contribution in [0.4, 0.5) is 10.2 Å². The van der Waals surface area contributed by atoms with Gasteiger partial charge in [-0.25, -0.2) is 24.3 Å². The molecule has 0 aliphatic carbocycles. The molecule has 0 bridgehead atoms. The van der Waals surface area contributed by atoms with E-state index in [-0.39, 0.29) is 11.9 Å². The van der Waals surface area contributed by atoms with E-state index in [2.05, 4.69) is 19.9 Å². The van der Waals surface area contributed by atoms with Gasteiger partial charge in [-0.1, -0.05) is 18.2 Å². The van der Waals surface area contributed by atoms with Gasteiger partial charge >= 0.3 is 0 Å². The zero-order valence-electron chi connectivity index (χ0n) is 15.9. The molecular formula is C21H18FN7. The minimum Gasteiger partial charge on any atom is -0.348 e. The minimum absolute atomic E-state index is 0.160. The Morgan fingerprint density at radius 2 is 1.90 bits per heavy atom. The van der Waals surface area contributed by atoms with Crippen molar-refractivity contribution in [3.63, 3.8) is 0 Å². The zero-order chi connectivity index (χ0) is 20.0. The molecule has 3 aromatic heterocycles. The highest BCUT2D eigenvalue weighted by Crippen LogP contribution is 2.31. The van der Waals surface area contributed by atoms with Gasteiger partial charge in [0.1, 0.15) is 23.5 Å². The smallest absolute Gasteiger partial charge is 0.182 e. The average Bonchev–Trinajstić information content (AvgIpc) is 3.37. The summed E-state index contributed by atoms with van der Waals surface area (Å²) in [6.07, 6.45) is 3.10. The molecule has 1 atom stereocenters. The lowest BCUT2D eigenvalue weighted by Crippen LogP contribution is -2.25. The van der Waals surface area contributed by atoms with E-state index in [1.54, 1.807) is 12.4 Å². The molecular weight excluding hydrogens is 369 g/mol. The van der Waals surface area contributed by atoms with E-state index >= 15 is 0 Å². The first-order valence-electron chi connectivity index (χ1n) is 9.23. The maximum absolute atomic E-state index is 14.0. The van der Waals surface area contributed by atoms with E-state index in [0.29, 0.717) is 5.65 Å². The van der Waals surface area contributed by atoms with Crippen LogP contribution in [0.25, 0.3) is 27.9 Å². The molecule has 0 spiro atoms. The summed E-state index contributed by atoms with van der Waals surface area (Å²) in [6, 6.07) is 14.3. The second-order valence-electron chi connectivity index (χ2n) is 6.86. The summed E-state index contributed by atoms with van der Waals surface area (Å²) in [5.41, 5.74) is 3.74. The van der Waals surface area contributed by atoms with Gasteiger partial charge in [0.25, 0.3) is 0 Å². The number of halogens is 1. The van der Waals surface area contributed by atoms with Crippen LogP contribution >= 0.6 is 0 Å². The molecule has 5 rings (SSSR count). The van der Waals surface area contributed by atoms with Crippen molar-refractivity contribution in [1.82, 2.24) is 29.5 Å². The number of imidazole rings is 2. The van der Waals surface area contributed by atoms with Gasteiger partial charge in [0, 0.05) is 18.8 Å². The van der Waals surface area contributed by atoms with Crippen LogP contribution in [0.5, 0.6) is 0 Å². The number of anilines is 1. The van der Waals surface area contributed by atoms with Gasteiger partial charge in [0.05, 0.1) is 23.4 Å². The van der Waals surface area contributed by atoms with Crippen molar-refractivity contribution in [1.29, 1.82) is 0 Å². The van der Waals surface area contributed by atoms with Crippen molar-refractivity contribution in [2.75, 3.05) is 11.9 Å². The molecule has 5 aromatic rings. The highest BCUT2D eigenvalue weighted by atomic mass is 19.1. The number of fused-ring (bicyclic) bond motifs is 2. The first kappa shape index (κ1) is 17.3. The number of hydrogen-bond donors (Lipinski definition) is 1. The molecule has 3 heterocycles. The predicted molar refractivity (Wildman–Crippen MR) is 110 cm³/mol. The number of aromatic amines is 1. The first-order chi connectivity index (χ1) is 14.1. The van der Waals surface area contributed by atoms with Crippen LogP contribution in [0.15, 0.2) is 61.2 Å². The zero-order valence-corrected chi connectivity index (χ0v) is 15.9. The summed E-state index contributed by atoms with van der Waals surface area (Å²) < 4.78 is 16.0. The van der Waals surface area contributed by atoms with E-state index in [1.165, 1.54) is 18.5 Å². The molecule has 0 radical (unpaired) electrons. The van der Waals surface area contributed by atoms with Crippen LogP contribution < -0.4 is 4.90 Å². The van der Waals surface area contributed by atoms with E-state index < -0.39 is 0 Å². The Hall–Kier alpha value is -3.81. The molecule has 29 heavy (non-hydrogen) atoms. The summed E-state index contributed by atoms with van der Waals surface area (Å²) in [5, 5.41) is 0. The van der Waals surface area contributed by atoms with Crippen molar-refractivity contribution >= 4 is 28.0 Å². The van der Waals surface area contributed by atoms with Gasteiger partial charge in [-0.3, -0.25) is 4.57 Å². The number of aromatic nitrogens is 6. The summed E-state index contributed by atoms with van der Waals surface area (Å²) in [5.74, 6) is 1.21. The second kappa shape index (κ2) is 6.66. The third-order valence-corrected chi connectivity index (χ3v) is 5.15. The number of benzene rings is 2. The van der Waals surface area contributed by atoms with Crippen LogP contribution in [0.3, 0.4) is 0 Å². The predicted octanol–water partition coefficient (Wildman–Crippen LogP) is 4.03. The molecule has 0 unspecified atom stereocenters. The largest absolute Gasteiger partial charge is 0.348 e. The molecule has 0 fully saturated rings. The summed E-state index contributed by atoms with van der Waals surface area (Å²) >= 11 is 0. The molecule has 7 nitrogen and oxygen atoms in total. The number of H-pyrrole nitrogens is 1. The Morgan fingerprint density at radius 3 is 2.72 bits per heavy atom. The maximum Gasteiger partial charge on any atom is 0.182 e. The normalized spacial score (nSPS) is 12.5. The van der Waals surface area contributed by atoms with E-state index in [0.717, 1.165) is 33.9 Å². The molecule has 0 saturated heterocycles. The van der Waals surface area contributed by atoms with Crippen molar-refractivity contribution < 1.29 is 4.39 Å². The van der Waals surface area contributed by atoms with E-state index in [4.69, 9.17) is 4.98 Å². The number of nitrogens with zero attached hydrogens (tertiary/aromatic N) is 6. The Labute approximate surface area is 165 Å². The molecule has 8 heteroatoms. The van der Waals surface area contributed by atoms with Gasteiger partial charge in [-0.15, -0.1) is 0 Å². The van der Waals surface area contributed by atoms with Crippen LogP contribution in [0.2, 0.25) is 0 Å². The SMILES string of the molecule is C[C@@H](c1nc2ccc(F)cc2n1-c1ccccc1)N(C)c1ncnc2nc[nH]c12. The fourth-order valence-electron chi connectivity index (χ4n) is 3.57. The fraction of sp³-hybridized carbons (Fsp3) is 0.143. The minimum atomic E-state index is -0.294. The highest BCUT2D eigenvalue weighted by molar-refractivity contribution is 5.83. The van der Waals surface area contributed by atoms with Crippen LogP contribution in [-0.4, -0.2) is 36.5 Å². The molecule has 144 valence electrons. The number of para-hydroxylation sites is 1. The summed E-state index contributed by atoms with van der Waals surface area (Å²) in [6.45, 7) is 2.04. The molecule has 1 N–H and O–H groups in total. The van der Waals surface area contributed by atoms with Gasteiger partial charge in [-0.05, 0) is 31.2 Å². The maximum atomic E-state index is 14.0.